The lowest BCUT2D eigenvalue weighted by molar-refractivity contribution is -0.0234. The minimum atomic E-state index is -0.803. The van der Waals surface area contributed by atoms with Gasteiger partial charge < -0.3 is 14.7 Å². The molecule has 1 aromatic carbocycles. The van der Waals surface area contributed by atoms with Crippen molar-refractivity contribution in [2.75, 3.05) is 13.1 Å². The van der Waals surface area contributed by atoms with Crippen LogP contribution in [0.25, 0.3) is 0 Å². The summed E-state index contributed by atoms with van der Waals surface area (Å²) in [6.45, 7) is 28.3. The zero-order valence-corrected chi connectivity index (χ0v) is 22.4. The van der Waals surface area contributed by atoms with Crippen LogP contribution in [0.4, 0.5) is 4.79 Å². The summed E-state index contributed by atoms with van der Waals surface area (Å²) in [5, 5.41) is 9.72. The Balaban J connectivity index is -0.000000231. The highest BCUT2D eigenvalue weighted by molar-refractivity contribution is 5.69. The second-order valence-corrected chi connectivity index (χ2v) is 6.45. The monoisotopic (exact) mass is 449 g/mol. The van der Waals surface area contributed by atoms with E-state index in [1.165, 1.54) is 0 Å². The first-order valence-electron chi connectivity index (χ1n) is 11.8. The number of nitrogens with zero attached hydrogens (tertiary/aromatic N) is 1. The van der Waals surface area contributed by atoms with Crippen molar-refractivity contribution < 1.29 is 14.6 Å². The Morgan fingerprint density at radius 2 is 1.47 bits per heavy atom. The first-order chi connectivity index (χ1) is 15.4. The van der Waals surface area contributed by atoms with Crippen molar-refractivity contribution in [3.63, 3.8) is 0 Å². The number of benzene rings is 1. The van der Waals surface area contributed by atoms with E-state index in [2.05, 4.69) is 19.7 Å². The normalized spacial score (nSPS) is 14.4. The molecule has 1 aromatic rings. The number of rotatable bonds is 5. The lowest BCUT2D eigenvalue weighted by Gasteiger charge is -2.34. The van der Waals surface area contributed by atoms with Crippen LogP contribution in [-0.4, -0.2) is 40.9 Å². The number of ether oxygens (including phenoxy) is 1. The lowest BCUT2D eigenvalue weighted by Crippen LogP contribution is -2.44. The zero-order valence-electron chi connectivity index (χ0n) is 22.4. The van der Waals surface area contributed by atoms with Crippen molar-refractivity contribution in [2.24, 2.45) is 0 Å². The Morgan fingerprint density at radius 3 is 1.75 bits per heavy atom. The summed E-state index contributed by atoms with van der Waals surface area (Å²) in [7, 11) is 0. The van der Waals surface area contributed by atoms with Gasteiger partial charge in [-0.05, 0) is 26.3 Å². The third kappa shape index (κ3) is 22.4. The molecule has 1 aliphatic heterocycles. The van der Waals surface area contributed by atoms with Gasteiger partial charge in [0.2, 0.25) is 0 Å². The minimum Gasteiger partial charge on any atom is -0.446 e. The number of carbonyl (C=O) groups is 1. The van der Waals surface area contributed by atoms with Crippen LogP contribution in [-0.2, 0) is 4.74 Å². The molecular weight excluding hydrogens is 398 g/mol. The van der Waals surface area contributed by atoms with Gasteiger partial charge in [-0.15, -0.1) is 13.2 Å². The Kier molecular flexibility index (Phi) is 30.9. The predicted octanol–water partition coefficient (Wildman–Crippen LogP) is 8.06. The molecule has 186 valence electrons. The fourth-order valence-electron chi connectivity index (χ4n) is 2.39. The quantitative estimate of drug-likeness (QED) is 0.365. The number of hydrogen-bond acceptors (Lipinski definition) is 3. The summed E-state index contributed by atoms with van der Waals surface area (Å²) in [5.41, 5.74) is 0.204. The van der Waals surface area contributed by atoms with Gasteiger partial charge in [0.05, 0.1) is 5.60 Å². The van der Waals surface area contributed by atoms with Crippen molar-refractivity contribution in [3.8, 4) is 0 Å². The van der Waals surface area contributed by atoms with E-state index >= 15 is 0 Å². The number of cyclic esters (lactones) is 1. The van der Waals surface area contributed by atoms with Gasteiger partial charge in [-0.3, -0.25) is 0 Å². The van der Waals surface area contributed by atoms with E-state index in [-0.39, 0.29) is 12.2 Å². The van der Waals surface area contributed by atoms with Crippen molar-refractivity contribution in [2.45, 2.75) is 86.9 Å². The zero-order chi connectivity index (χ0) is 26.0. The maximum absolute atomic E-state index is 11.8. The van der Waals surface area contributed by atoms with E-state index in [4.69, 9.17) is 4.74 Å². The van der Waals surface area contributed by atoms with Gasteiger partial charge >= 0.3 is 6.09 Å². The summed E-state index contributed by atoms with van der Waals surface area (Å²) in [6.07, 6.45) is 4.41. The molecule has 0 spiro atoms. The van der Waals surface area contributed by atoms with Crippen molar-refractivity contribution in [3.05, 3.63) is 73.9 Å². The van der Waals surface area contributed by atoms with Gasteiger partial charge in [-0.25, -0.2) is 4.79 Å². The molecule has 1 heterocycles. The van der Waals surface area contributed by atoms with Crippen LogP contribution in [0.3, 0.4) is 0 Å². The van der Waals surface area contributed by atoms with E-state index in [0.29, 0.717) is 19.5 Å². The van der Waals surface area contributed by atoms with Crippen LogP contribution in [0.5, 0.6) is 0 Å². The molecule has 2 rings (SSSR count). The van der Waals surface area contributed by atoms with Gasteiger partial charge in [-0.1, -0.05) is 96.7 Å². The Morgan fingerprint density at radius 1 is 1.06 bits per heavy atom. The highest BCUT2D eigenvalue weighted by Crippen LogP contribution is 2.21. The summed E-state index contributed by atoms with van der Waals surface area (Å²) in [4.78, 5) is 13.5. The molecule has 1 saturated heterocycles. The van der Waals surface area contributed by atoms with Crippen molar-refractivity contribution >= 4 is 6.09 Å². The highest BCUT2D eigenvalue weighted by Gasteiger charge is 2.30. The predicted molar refractivity (Wildman–Crippen MR) is 143 cm³/mol. The molecule has 0 radical (unpaired) electrons. The van der Waals surface area contributed by atoms with Crippen LogP contribution in [0.15, 0.2) is 73.9 Å². The van der Waals surface area contributed by atoms with Crippen LogP contribution < -0.4 is 0 Å². The van der Waals surface area contributed by atoms with E-state index in [0.717, 1.165) is 12.0 Å². The molecule has 1 atom stereocenters. The number of carbonyl (C=O) groups excluding carboxylic acids is 1. The average molecular weight is 450 g/mol. The summed E-state index contributed by atoms with van der Waals surface area (Å²) in [6, 6.07) is 12.0. The number of amides is 1. The smallest absolute Gasteiger partial charge is 0.410 e. The van der Waals surface area contributed by atoms with Crippen molar-refractivity contribution in [1.29, 1.82) is 0 Å². The van der Waals surface area contributed by atoms with E-state index in [9.17, 15) is 9.90 Å². The van der Waals surface area contributed by atoms with Gasteiger partial charge in [0.1, 0.15) is 6.10 Å². The van der Waals surface area contributed by atoms with E-state index < -0.39 is 5.60 Å². The van der Waals surface area contributed by atoms with Gasteiger partial charge in [0.15, 0.2) is 0 Å². The molecule has 1 N–H and O–H groups in total. The molecule has 0 aliphatic carbocycles. The van der Waals surface area contributed by atoms with Crippen molar-refractivity contribution in [1.82, 2.24) is 4.90 Å². The first-order valence-corrected chi connectivity index (χ1v) is 11.8. The molecule has 1 aliphatic rings. The molecule has 32 heavy (non-hydrogen) atoms. The largest absolute Gasteiger partial charge is 0.446 e. The molecule has 4 nitrogen and oxygen atoms in total. The number of hydrogen-bond donors (Lipinski definition) is 1. The van der Waals surface area contributed by atoms with Gasteiger partial charge in [-0.2, -0.15) is 0 Å². The lowest BCUT2D eigenvalue weighted by atomic mass is 9.98. The molecule has 1 fully saturated rings. The SMILES string of the molecule is C=C.C=C/C(=C\C)CN1CCC(CC(C)(C)O)OC1=O.CC.CC.CC.c1ccccc1. The summed E-state index contributed by atoms with van der Waals surface area (Å²) >= 11 is 0. The Labute approximate surface area is 199 Å². The second-order valence-electron chi connectivity index (χ2n) is 6.45. The second kappa shape index (κ2) is 26.7. The van der Waals surface area contributed by atoms with Crippen LogP contribution in [0.1, 0.15) is 75.2 Å². The maximum atomic E-state index is 11.8. The summed E-state index contributed by atoms with van der Waals surface area (Å²) < 4.78 is 5.33. The topological polar surface area (TPSA) is 49.8 Å². The van der Waals surface area contributed by atoms with Crippen LogP contribution in [0.2, 0.25) is 0 Å². The standard InChI is InChI=1S/C14H23NO3.C6H6.3C2H6.C2H4/c1-5-11(6-2)10-15-8-7-12(18-13(15)16)9-14(3,4)17;1-2-4-6-5-3-1;4*1-2/h5-6,12,17H,1,7-10H2,2-4H3;1-6H;3*1-2H3;1-2H2/b11-6+;;;;;. The highest BCUT2D eigenvalue weighted by atomic mass is 16.6. The summed E-state index contributed by atoms with van der Waals surface area (Å²) in [5.74, 6) is 0. The molecule has 1 unspecified atom stereocenters. The average Bonchev–Trinajstić information content (AvgIpc) is 2.84. The molecule has 0 saturated carbocycles. The third-order valence-corrected chi connectivity index (χ3v) is 3.65. The van der Waals surface area contributed by atoms with Crippen LogP contribution >= 0.6 is 0 Å². The minimum absolute atomic E-state index is 0.188. The van der Waals surface area contributed by atoms with E-state index in [1.54, 1.807) is 24.8 Å². The molecule has 0 aromatic heterocycles. The first kappa shape index (κ1) is 37.0. The Hall–Kier alpha value is -2.33. The fraction of sp³-hybridized carbons (Fsp3) is 0.536. The molecule has 0 bridgehead atoms. The third-order valence-electron chi connectivity index (χ3n) is 3.65. The maximum Gasteiger partial charge on any atom is 0.410 e. The fourth-order valence-corrected chi connectivity index (χ4v) is 2.39. The molecular formula is C28H51NO3. The van der Waals surface area contributed by atoms with E-state index in [1.807, 2.05) is 90.9 Å². The number of allylic oxidation sites excluding steroid dienone is 1. The van der Waals surface area contributed by atoms with Gasteiger partial charge in [0, 0.05) is 25.9 Å². The van der Waals surface area contributed by atoms with Gasteiger partial charge in [0.25, 0.3) is 0 Å². The molecule has 1 amide bonds. The Bertz CT molecular complexity index is 521. The molecule has 4 heteroatoms. The number of aliphatic hydroxyl groups is 1. The van der Waals surface area contributed by atoms with Crippen LogP contribution in [0, 0.1) is 0 Å².